The van der Waals surface area contributed by atoms with Gasteiger partial charge in [-0.05, 0) is 31.9 Å². The number of ether oxygens (including phenoxy) is 2. The number of esters is 1. The van der Waals surface area contributed by atoms with Crippen molar-refractivity contribution >= 4 is 23.1 Å². The molecule has 3 aromatic heterocycles. The second-order valence-corrected chi connectivity index (χ2v) is 8.22. The van der Waals surface area contributed by atoms with Crippen LogP contribution in [-0.2, 0) is 11.3 Å². The molecule has 4 rings (SSSR count). The van der Waals surface area contributed by atoms with Crippen LogP contribution in [0.5, 0.6) is 5.88 Å². The normalized spacial score (nSPS) is 17.4. The highest BCUT2D eigenvalue weighted by molar-refractivity contribution is 7.13. The summed E-state index contributed by atoms with van der Waals surface area (Å²) >= 11 is 1.17. The van der Waals surface area contributed by atoms with Crippen LogP contribution in [0.4, 0.5) is 5.82 Å². The number of methoxy groups -OCH3 is 1. The second-order valence-electron chi connectivity index (χ2n) is 7.16. The highest BCUT2D eigenvalue weighted by Gasteiger charge is 2.40. The Labute approximate surface area is 177 Å². The maximum Gasteiger partial charge on any atom is 0.369 e. The Balaban J connectivity index is 1.31. The van der Waals surface area contributed by atoms with Crippen LogP contribution >= 0.6 is 11.3 Å². The van der Waals surface area contributed by atoms with Gasteiger partial charge in [-0.25, -0.2) is 9.78 Å². The standard InChI is InChI=1S/C20H22N6O3S/c1-11-4-5-15(21-8-11)14-6-13(14)10-29-17-7-16(23-12(2)24-17)22-9-18-25-26-19(30-18)20(27)28-3/h4-5,7-8,13-14H,6,9-10H2,1-3H3,(H,22,23,24)/t13-,14?/m1/s1. The van der Waals surface area contributed by atoms with Crippen LogP contribution in [0.3, 0.4) is 0 Å². The maximum absolute atomic E-state index is 11.5. The first-order valence-electron chi connectivity index (χ1n) is 9.57. The van der Waals surface area contributed by atoms with Crippen LogP contribution in [0.25, 0.3) is 0 Å². The number of carbonyl (C=O) groups excluding carboxylic acids is 1. The van der Waals surface area contributed by atoms with E-state index in [0.717, 1.165) is 12.1 Å². The monoisotopic (exact) mass is 426 g/mol. The van der Waals surface area contributed by atoms with Crippen LogP contribution in [0.2, 0.25) is 0 Å². The number of hydrogen-bond acceptors (Lipinski definition) is 10. The first kappa shape index (κ1) is 20.1. The third kappa shape index (κ3) is 4.88. The first-order chi connectivity index (χ1) is 14.5. The summed E-state index contributed by atoms with van der Waals surface area (Å²) in [7, 11) is 1.31. The van der Waals surface area contributed by atoms with E-state index < -0.39 is 5.97 Å². The number of nitrogens with zero attached hydrogens (tertiary/aromatic N) is 5. The predicted molar refractivity (Wildman–Crippen MR) is 111 cm³/mol. The molecule has 3 aromatic rings. The average molecular weight is 427 g/mol. The minimum Gasteiger partial charge on any atom is -0.477 e. The summed E-state index contributed by atoms with van der Waals surface area (Å²) in [5, 5.41) is 11.8. The molecule has 10 heteroatoms. The molecule has 1 aliphatic rings. The third-order valence-corrected chi connectivity index (χ3v) is 5.65. The molecule has 0 amide bonds. The van der Waals surface area contributed by atoms with Crippen LogP contribution in [-0.4, -0.2) is 44.8 Å². The van der Waals surface area contributed by atoms with Gasteiger partial charge in [-0.15, -0.1) is 10.2 Å². The zero-order valence-electron chi connectivity index (χ0n) is 17.0. The smallest absolute Gasteiger partial charge is 0.369 e. The van der Waals surface area contributed by atoms with Gasteiger partial charge in [0.15, 0.2) is 0 Å². The molecule has 0 aromatic carbocycles. The molecule has 1 aliphatic carbocycles. The molecule has 0 spiro atoms. The summed E-state index contributed by atoms with van der Waals surface area (Å²) in [6.45, 7) is 4.83. The Morgan fingerprint density at radius 1 is 1.27 bits per heavy atom. The topological polar surface area (TPSA) is 112 Å². The van der Waals surface area contributed by atoms with Crippen molar-refractivity contribution in [3.8, 4) is 5.88 Å². The number of carbonyl (C=O) groups is 1. The van der Waals surface area contributed by atoms with Crippen molar-refractivity contribution in [2.24, 2.45) is 5.92 Å². The van der Waals surface area contributed by atoms with Gasteiger partial charge >= 0.3 is 5.97 Å². The molecule has 2 atom stereocenters. The molecule has 9 nitrogen and oxygen atoms in total. The van der Waals surface area contributed by atoms with Crippen LogP contribution in [0.15, 0.2) is 24.4 Å². The summed E-state index contributed by atoms with van der Waals surface area (Å²) < 4.78 is 10.6. The van der Waals surface area contributed by atoms with E-state index in [2.05, 4.69) is 47.3 Å². The van der Waals surface area contributed by atoms with Crippen molar-refractivity contribution in [1.82, 2.24) is 25.1 Å². The van der Waals surface area contributed by atoms with Crippen molar-refractivity contribution in [3.05, 3.63) is 51.5 Å². The lowest BCUT2D eigenvalue weighted by Crippen LogP contribution is -2.07. The molecule has 1 N–H and O–H groups in total. The van der Waals surface area contributed by atoms with Crippen molar-refractivity contribution in [2.45, 2.75) is 32.7 Å². The van der Waals surface area contributed by atoms with Gasteiger partial charge in [0, 0.05) is 29.8 Å². The average Bonchev–Trinajstić information content (AvgIpc) is 3.36. The highest BCUT2D eigenvalue weighted by Crippen LogP contribution is 2.46. The number of nitrogens with one attached hydrogen (secondary N) is 1. The van der Waals surface area contributed by atoms with Gasteiger partial charge < -0.3 is 14.8 Å². The van der Waals surface area contributed by atoms with E-state index in [1.165, 1.54) is 24.0 Å². The Morgan fingerprint density at radius 3 is 2.90 bits per heavy atom. The van der Waals surface area contributed by atoms with Gasteiger partial charge in [-0.1, -0.05) is 17.4 Å². The molecule has 0 bridgehead atoms. The highest BCUT2D eigenvalue weighted by atomic mass is 32.1. The van der Waals surface area contributed by atoms with Gasteiger partial charge in [0.25, 0.3) is 0 Å². The fraction of sp³-hybridized carbons (Fsp3) is 0.400. The lowest BCUT2D eigenvalue weighted by Gasteiger charge is -2.09. The van der Waals surface area contributed by atoms with Gasteiger partial charge in [-0.3, -0.25) is 4.98 Å². The number of aromatic nitrogens is 5. The summed E-state index contributed by atoms with van der Waals surface area (Å²) in [4.78, 5) is 24.7. The molecule has 156 valence electrons. The predicted octanol–water partition coefficient (Wildman–Crippen LogP) is 2.92. The summed E-state index contributed by atoms with van der Waals surface area (Å²) in [6, 6.07) is 5.95. The maximum atomic E-state index is 11.5. The van der Waals surface area contributed by atoms with E-state index in [-0.39, 0.29) is 5.01 Å². The van der Waals surface area contributed by atoms with E-state index in [1.807, 2.05) is 20.0 Å². The summed E-state index contributed by atoms with van der Waals surface area (Å²) in [6.07, 6.45) is 2.98. The lowest BCUT2D eigenvalue weighted by atomic mass is 10.2. The molecule has 0 aliphatic heterocycles. The Hall–Kier alpha value is -3.14. The summed E-state index contributed by atoms with van der Waals surface area (Å²) in [5.74, 6) is 2.17. The molecule has 0 radical (unpaired) electrons. The van der Waals surface area contributed by atoms with Crippen molar-refractivity contribution in [3.63, 3.8) is 0 Å². The van der Waals surface area contributed by atoms with Gasteiger partial charge in [-0.2, -0.15) is 4.98 Å². The molecule has 3 heterocycles. The minimum absolute atomic E-state index is 0.222. The van der Waals surface area contributed by atoms with Gasteiger partial charge in [0.05, 0.1) is 20.3 Å². The van der Waals surface area contributed by atoms with Crippen LogP contribution < -0.4 is 10.1 Å². The largest absolute Gasteiger partial charge is 0.477 e. The zero-order valence-corrected chi connectivity index (χ0v) is 17.8. The molecular formula is C20H22N6O3S. The number of pyridine rings is 1. The van der Waals surface area contributed by atoms with Gasteiger partial charge in [0.1, 0.15) is 16.6 Å². The van der Waals surface area contributed by atoms with E-state index in [0.29, 0.717) is 47.5 Å². The number of aryl methyl sites for hydroxylation is 2. The first-order valence-corrected chi connectivity index (χ1v) is 10.4. The minimum atomic E-state index is -0.494. The quantitative estimate of drug-likeness (QED) is 0.543. The molecule has 1 unspecified atom stereocenters. The number of anilines is 1. The van der Waals surface area contributed by atoms with Crippen molar-refractivity contribution in [2.75, 3.05) is 19.0 Å². The number of hydrogen-bond donors (Lipinski definition) is 1. The zero-order chi connectivity index (χ0) is 21.1. The molecular weight excluding hydrogens is 404 g/mol. The van der Waals surface area contributed by atoms with E-state index in [4.69, 9.17) is 4.74 Å². The molecule has 1 fully saturated rings. The van der Waals surface area contributed by atoms with Crippen molar-refractivity contribution < 1.29 is 14.3 Å². The number of rotatable bonds is 8. The SMILES string of the molecule is COC(=O)c1nnc(CNc2cc(OC[C@H]3CC3c3ccc(C)cn3)nc(C)n2)s1. The summed E-state index contributed by atoms with van der Waals surface area (Å²) in [5.41, 5.74) is 2.29. The lowest BCUT2D eigenvalue weighted by molar-refractivity contribution is 0.0599. The fourth-order valence-electron chi connectivity index (χ4n) is 3.05. The van der Waals surface area contributed by atoms with Crippen LogP contribution in [0.1, 0.15) is 44.2 Å². The Bertz CT molecular complexity index is 1040. The van der Waals surface area contributed by atoms with Gasteiger partial charge in [0.2, 0.25) is 10.9 Å². The van der Waals surface area contributed by atoms with Crippen LogP contribution in [0, 0.1) is 19.8 Å². The second kappa shape index (κ2) is 8.70. The molecule has 1 saturated carbocycles. The molecule has 30 heavy (non-hydrogen) atoms. The third-order valence-electron chi connectivity index (χ3n) is 4.74. The van der Waals surface area contributed by atoms with E-state index >= 15 is 0 Å². The van der Waals surface area contributed by atoms with E-state index in [9.17, 15) is 4.79 Å². The van der Waals surface area contributed by atoms with E-state index in [1.54, 1.807) is 6.07 Å². The molecule has 0 saturated heterocycles. The Kier molecular flexibility index (Phi) is 5.84. The fourth-order valence-corrected chi connectivity index (χ4v) is 3.75. The Morgan fingerprint density at radius 2 is 2.13 bits per heavy atom. The van der Waals surface area contributed by atoms with Crippen molar-refractivity contribution in [1.29, 1.82) is 0 Å².